The van der Waals surface area contributed by atoms with Crippen molar-refractivity contribution in [2.24, 2.45) is 0 Å². The summed E-state index contributed by atoms with van der Waals surface area (Å²) in [4.78, 5) is 24.3. The van der Waals surface area contributed by atoms with Crippen LogP contribution in [0, 0.1) is 0 Å². The topological polar surface area (TPSA) is 104 Å². The first-order valence-electron chi connectivity index (χ1n) is 7.24. The molecule has 0 aromatic heterocycles. The number of amides is 2. The lowest BCUT2D eigenvalue weighted by atomic mass is 10.0. The van der Waals surface area contributed by atoms with E-state index in [1.165, 1.54) is 12.1 Å². The Labute approximate surface area is 137 Å². The first-order chi connectivity index (χ1) is 11.6. The number of benzene rings is 3. The Hall–Kier alpha value is -3.38. The van der Waals surface area contributed by atoms with Gasteiger partial charge in [0.2, 0.25) is 0 Å². The first kappa shape index (κ1) is 15.5. The molecule has 6 nitrogen and oxygen atoms in total. The largest absolute Gasteiger partial charge is 0.398 e. The molecule has 2 amide bonds. The van der Waals surface area contributed by atoms with E-state index < -0.39 is 11.8 Å². The average molecular weight is 321 g/mol. The lowest BCUT2D eigenvalue weighted by molar-refractivity contribution is 0.0703. The number of nitrogens with one attached hydrogen (secondary N) is 2. The number of nitrogens with two attached hydrogens (primary N) is 1. The van der Waals surface area contributed by atoms with Gasteiger partial charge in [0.15, 0.2) is 0 Å². The highest BCUT2D eigenvalue weighted by atomic mass is 16.5. The summed E-state index contributed by atoms with van der Waals surface area (Å²) in [6.45, 7) is 0. The highest BCUT2D eigenvalue weighted by Gasteiger charge is 2.17. The van der Waals surface area contributed by atoms with Crippen LogP contribution in [0.2, 0.25) is 0 Å². The molecule has 3 aromatic rings. The van der Waals surface area contributed by atoms with E-state index in [2.05, 4.69) is 5.32 Å². The van der Waals surface area contributed by atoms with Crippen LogP contribution in [0.15, 0.2) is 60.7 Å². The molecule has 0 aliphatic carbocycles. The van der Waals surface area contributed by atoms with Gasteiger partial charge in [-0.1, -0.05) is 36.4 Å². The van der Waals surface area contributed by atoms with Crippen LogP contribution in [-0.2, 0) is 0 Å². The quantitative estimate of drug-likeness (QED) is 0.338. The van der Waals surface area contributed by atoms with Gasteiger partial charge in [0.05, 0.1) is 16.8 Å². The highest BCUT2D eigenvalue weighted by Crippen LogP contribution is 2.29. The van der Waals surface area contributed by atoms with Crippen molar-refractivity contribution in [1.82, 2.24) is 5.48 Å². The van der Waals surface area contributed by atoms with Crippen LogP contribution in [0.25, 0.3) is 10.8 Å². The van der Waals surface area contributed by atoms with Crippen molar-refractivity contribution in [3.8, 4) is 0 Å². The smallest absolute Gasteiger partial charge is 0.275 e. The van der Waals surface area contributed by atoms with Crippen LogP contribution in [0.4, 0.5) is 11.4 Å². The molecule has 3 aromatic carbocycles. The zero-order chi connectivity index (χ0) is 17.1. The van der Waals surface area contributed by atoms with Crippen LogP contribution < -0.4 is 16.5 Å². The summed E-state index contributed by atoms with van der Waals surface area (Å²) in [5.41, 5.74) is 8.88. The zero-order valence-electron chi connectivity index (χ0n) is 12.6. The molecule has 0 fully saturated rings. The lowest BCUT2D eigenvalue weighted by Crippen LogP contribution is -2.23. The summed E-state index contributed by atoms with van der Waals surface area (Å²) in [6.07, 6.45) is 0. The number of carbonyl (C=O) groups is 2. The second-order valence-electron chi connectivity index (χ2n) is 5.19. The molecule has 0 bridgehead atoms. The average Bonchev–Trinajstić information content (AvgIpc) is 2.61. The molecule has 0 atom stereocenters. The monoisotopic (exact) mass is 321 g/mol. The van der Waals surface area contributed by atoms with Crippen molar-refractivity contribution in [2.45, 2.75) is 0 Å². The molecule has 3 rings (SSSR count). The summed E-state index contributed by atoms with van der Waals surface area (Å²) in [7, 11) is 0. The summed E-state index contributed by atoms with van der Waals surface area (Å²) in [5.74, 6) is -1.22. The van der Waals surface area contributed by atoms with Crippen molar-refractivity contribution >= 4 is 34.0 Å². The molecular formula is C18H15N3O3. The molecule has 0 spiro atoms. The minimum atomic E-state index is -0.752. The van der Waals surface area contributed by atoms with E-state index in [4.69, 9.17) is 10.9 Å². The molecule has 0 aliphatic heterocycles. The van der Waals surface area contributed by atoms with Crippen molar-refractivity contribution in [2.75, 3.05) is 11.1 Å². The Morgan fingerprint density at radius 2 is 1.46 bits per heavy atom. The maximum atomic E-state index is 12.6. The molecule has 0 radical (unpaired) electrons. The number of hydroxylamine groups is 1. The third kappa shape index (κ3) is 2.78. The van der Waals surface area contributed by atoms with Crippen molar-refractivity contribution in [3.05, 3.63) is 71.8 Å². The lowest BCUT2D eigenvalue weighted by Gasteiger charge is -2.12. The SMILES string of the molecule is Nc1cccc2cccc(NC(=O)c3ccccc3C(=O)NO)c12. The van der Waals surface area contributed by atoms with Crippen LogP contribution in [0.5, 0.6) is 0 Å². The van der Waals surface area contributed by atoms with E-state index in [0.29, 0.717) is 11.4 Å². The molecule has 0 saturated heterocycles. The molecule has 0 unspecified atom stereocenters. The molecule has 0 aliphatic rings. The number of nitrogen functional groups attached to an aromatic ring is 1. The van der Waals surface area contributed by atoms with Crippen LogP contribution in [0.3, 0.4) is 0 Å². The molecule has 0 heterocycles. The van der Waals surface area contributed by atoms with Gasteiger partial charge in [-0.2, -0.15) is 0 Å². The van der Waals surface area contributed by atoms with E-state index >= 15 is 0 Å². The third-order valence-corrected chi connectivity index (χ3v) is 3.70. The Kier molecular flexibility index (Phi) is 4.13. The molecule has 0 saturated carbocycles. The number of hydrogen-bond donors (Lipinski definition) is 4. The predicted molar refractivity (Wildman–Crippen MR) is 92.0 cm³/mol. The predicted octanol–water partition coefficient (Wildman–Crippen LogP) is 2.79. The third-order valence-electron chi connectivity index (χ3n) is 3.70. The zero-order valence-corrected chi connectivity index (χ0v) is 12.6. The minimum Gasteiger partial charge on any atom is -0.398 e. The van der Waals surface area contributed by atoms with Crippen molar-refractivity contribution < 1.29 is 14.8 Å². The number of carbonyl (C=O) groups excluding carboxylic acids is 2. The van der Waals surface area contributed by atoms with Gasteiger partial charge in [0.1, 0.15) is 0 Å². The second kappa shape index (κ2) is 6.39. The second-order valence-corrected chi connectivity index (χ2v) is 5.19. The first-order valence-corrected chi connectivity index (χ1v) is 7.24. The van der Waals surface area contributed by atoms with E-state index in [9.17, 15) is 9.59 Å². The number of hydrogen-bond acceptors (Lipinski definition) is 4. The van der Waals surface area contributed by atoms with Gasteiger partial charge < -0.3 is 11.1 Å². The van der Waals surface area contributed by atoms with Crippen LogP contribution >= 0.6 is 0 Å². The molecule has 5 N–H and O–H groups in total. The highest BCUT2D eigenvalue weighted by molar-refractivity contribution is 6.15. The van der Waals surface area contributed by atoms with Crippen LogP contribution in [-0.4, -0.2) is 17.0 Å². The van der Waals surface area contributed by atoms with E-state index in [-0.39, 0.29) is 11.1 Å². The summed E-state index contributed by atoms with van der Waals surface area (Å²) in [5, 5.41) is 13.2. The molecule has 24 heavy (non-hydrogen) atoms. The Morgan fingerprint density at radius 3 is 2.12 bits per heavy atom. The van der Waals surface area contributed by atoms with E-state index in [1.807, 2.05) is 24.3 Å². The molecule has 6 heteroatoms. The number of fused-ring (bicyclic) bond motifs is 1. The van der Waals surface area contributed by atoms with Gasteiger partial charge in [-0.25, -0.2) is 5.48 Å². The fraction of sp³-hybridized carbons (Fsp3) is 0. The Balaban J connectivity index is 2.02. The normalized spacial score (nSPS) is 10.4. The standard InChI is InChI=1S/C18H15N3O3/c19-14-9-3-5-11-6-4-10-15(16(11)14)20-17(22)12-7-1-2-8-13(12)18(23)21-24/h1-10,24H,19H2,(H,20,22)(H,21,23). The van der Waals surface area contributed by atoms with E-state index in [1.54, 1.807) is 29.7 Å². The summed E-state index contributed by atoms with van der Waals surface area (Å²) in [6, 6.07) is 17.2. The summed E-state index contributed by atoms with van der Waals surface area (Å²) < 4.78 is 0. The molecule has 120 valence electrons. The van der Waals surface area contributed by atoms with Crippen molar-refractivity contribution in [3.63, 3.8) is 0 Å². The van der Waals surface area contributed by atoms with Crippen molar-refractivity contribution in [1.29, 1.82) is 0 Å². The van der Waals surface area contributed by atoms with E-state index in [0.717, 1.165) is 10.8 Å². The number of rotatable bonds is 3. The summed E-state index contributed by atoms with van der Waals surface area (Å²) >= 11 is 0. The maximum absolute atomic E-state index is 12.6. The maximum Gasteiger partial charge on any atom is 0.275 e. The van der Waals surface area contributed by atoms with Crippen LogP contribution in [0.1, 0.15) is 20.7 Å². The Morgan fingerprint density at radius 1 is 0.833 bits per heavy atom. The van der Waals surface area contributed by atoms with Gasteiger partial charge in [0.25, 0.3) is 11.8 Å². The van der Waals surface area contributed by atoms with Gasteiger partial charge in [0, 0.05) is 11.1 Å². The van der Waals surface area contributed by atoms with Gasteiger partial charge >= 0.3 is 0 Å². The van der Waals surface area contributed by atoms with Gasteiger partial charge in [-0.15, -0.1) is 0 Å². The minimum absolute atomic E-state index is 0.0747. The fourth-order valence-corrected chi connectivity index (χ4v) is 2.60. The number of anilines is 2. The fourth-order valence-electron chi connectivity index (χ4n) is 2.60. The van der Waals surface area contributed by atoms with Gasteiger partial charge in [-0.3, -0.25) is 14.8 Å². The Bertz CT molecular complexity index is 932. The molecular weight excluding hydrogens is 306 g/mol. The van der Waals surface area contributed by atoms with Gasteiger partial charge in [-0.05, 0) is 29.7 Å².